The van der Waals surface area contributed by atoms with Crippen molar-refractivity contribution in [3.8, 4) is 11.5 Å². The Hall–Kier alpha value is -3.12. The van der Waals surface area contributed by atoms with E-state index in [0.29, 0.717) is 6.42 Å². The topological polar surface area (TPSA) is 108 Å². The number of halogens is 1. The molecule has 1 saturated carbocycles. The van der Waals surface area contributed by atoms with E-state index in [9.17, 15) is 22.7 Å². The number of ether oxygens (including phenoxy) is 3. The van der Waals surface area contributed by atoms with Crippen molar-refractivity contribution < 1.29 is 37.0 Å². The number of benzene rings is 2. The number of fused-ring (bicyclic) bond motifs is 6. The van der Waals surface area contributed by atoms with Gasteiger partial charge in [-0.15, -0.1) is 4.31 Å². The summed E-state index contributed by atoms with van der Waals surface area (Å²) in [4.78, 5) is 27.2. The molecule has 2 aromatic carbocycles. The molecule has 2 aliphatic carbocycles. The molecule has 9 nitrogen and oxygen atoms in total. The Balaban J connectivity index is 1.20. The summed E-state index contributed by atoms with van der Waals surface area (Å²) in [5.74, 6) is -0.831. The molecule has 2 heterocycles. The molecular weight excluding hydrogens is 539 g/mol. The van der Waals surface area contributed by atoms with Crippen molar-refractivity contribution in [1.29, 1.82) is 0 Å². The molecule has 2 aromatic rings. The summed E-state index contributed by atoms with van der Waals surface area (Å²) in [5.41, 5.74) is 0.795. The molecule has 0 radical (unpaired) electrons. The average Bonchev–Trinajstić information content (AvgIpc) is 3.60. The zero-order chi connectivity index (χ0) is 28.0. The number of carbonyl (C=O) groups excluding carboxylic acids is 2. The van der Waals surface area contributed by atoms with Crippen molar-refractivity contribution in [1.82, 2.24) is 9.21 Å². The molecule has 40 heavy (non-hydrogen) atoms. The zero-order valence-electron chi connectivity index (χ0n) is 22.1. The molecule has 0 N–H and O–H groups in total. The molecular formula is C29H31FN2O7S. The highest BCUT2D eigenvalue weighted by atomic mass is 32.3. The summed E-state index contributed by atoms with van der Waals surface area (Å²) < 4.78 is 59.9. The second-order valence-corrected chi connectivity index (χ2v) is 12.6. The van der Waals surface area contributed by atoms with Gasteiger partial charge in [0, 0.05) is 13.7 Å². The van der Waals surface area contributed by atoms with Crippen LogP contribution in [0, 0.1) is 29.5 Å². The van der Waals surface area contributed by atoms with E-state index in [4.69, 9.17) is 14.2 Å². The fraction of sp³-hybridized carbons (Fsp3) is 0.448. The number of nitrogens with zero attached hydrogens (tertiary/aromatic N) is 2. The lowest BCUT2D eigenvalue weighted by atomic mass is 9.85. The van der Waals surface area contributed by atoms with E-state index < -0.39 is 16.5 Å². The molecule has 2 bridgehead atoms. The number of rotatable bonds is 9. The van der Waals surface area contributed by atoms with Gasteiger partial charge in [-0.05, 0) is 54.5 Å². The highest BCUT2D eigenvalue weighted by Gasteiger charge is 2.59. The first-order valence-electron chi connectivity index (χ1n) is 13.5. The molecule has 2 unspecified atom stereocenters. The van der Waals surface area contributed by atoms with Gasteiger partial charge in [-0.25, -0.2) is 4.39 Å². The predicted octanol–water partition coefficient (Wildman–Crippen LogP) is 2.87. The Morgan fingerprint density at radius 2 is 1.75 bits per heavy atom. The molecule has 6 rings (SSSR count). The van der Waals surface area contributed by atoms with Gasteiger partial charge in [0.25, 0.3) is 4.90 Å². The maximum absolute atomic E-state index is 13.9. The first-order valence-corrected chi connectivity index (χ1v) is 14.9. The molecule has 11 heteroatoms. The van der Waals surface area contributed by atoms with Crippen LogP contribution in [0.3, 0.4) is 0 Å². The van der Waals surface area contributed by atoms with Crippen LogP contribution >= 0.6 is 0 Å². The maximum atomic E-state index is 13.9. The number of sulfonamides is 1. The van der Waals surface area contributed by atoms with Crippen LogP contribution in [0.5, 0.6) is 11.5 Å². The van der Waals surface area contributed by atoms with Gasteiger partial charge >= 0.3 is 0 Å². The number of carbonyl (C=O) groups is 2. The van der Waals surface area contributed by atoms with Gasteiger partial charge in [0.15, 0.2) is 21.9 Å². The predicted molar refractivity (Wildman–Crippen MR) is 141 cm³/mol. The minimum Gasteiger partial charge on any atom is -0.593 e. The summed E-state index contributed by atoms with van der Waals surface area (Å²) in [6, 6.07) is 10.7. The van der Waals surface area contributed by atoms with Crippen LogP contribution in [0.1, 0.15) is 12.0 Å². The smallest absolute Gasteiger partial charge is 0.258 e. The Morgan fingerprint density at radius 3 is 2.42 bits per heavy atom. The van der Waals surface area contributed by atoms with Gasteiger partial charge in [0.05, 0.1) is 31.5 Å². The van der Waals surface area contributed by atoms with Crippen LogP contribution in [0.2, 0.25) is 0 Å². The van der Waals surface area contributed by atoms with Gasteiger partial charge < -0.3 is 18.8 Å². The maximum Gasteiger partial charge on any atom is 0.258 e. The summed E-state index contributed by atoms with van der Waals surface area (Å²) in [6.45, 7) is 0.353. The number of allylic oxidation sites excluding steroid dienone is 2. The molecule has 0 aromatic heterocycles. The van der Waals surface area contributed by atoms with Gasteiger partial charge in [-0.2, -0.15) is 0 Å². The number of imide groups is 1. The molecule has 0 spiro atoms. The second kappa shape index (κ2) is 10.7. The van der Waals surface area contributed by atoms with Crippen LogP contribution in [0.4, 0.5) is 4.39 Å². The fourth-order valence-electron chi connectivity index (χ4n) is 6.45. The minimum atomic E-state index is -4.07. The first-order chi connectivity index (χ1) is 19.3. The van der Waals surface area contributed by atoms with Crippen LogP contribution in [-0.4, -0.2) is 71.6 Å². The van der Waals surface area contributed by atoms with Crippen LogP contribution in [0.15, 0.2) is 59.5 Å². The van der Waals surface area contributed by atoms with Crippen molar-refractivity contribution in [3.63, 3.8) is 0 Å². The van der Waals surface area contributed by atoms with Crippen LogP contribution in [-0.2, 0) is 35.4 Å². The summed E-state index contributed by atoms with van der Waals surface area (Å²) in [6.07, 6.45) is 4.75. The summed E-state index contributed by atoms with van der Waals surface area (Å²) in [5, 5.41) is 0. The average molecular weight is 571 g/mol. The largest absolute Gasteiger partial charge is 0.593 e. The lowest BCUT2D eigenvalue weighted by Gasteiger charge is -2.27. The van der Waals surface area contributed by atoms with E-state index in [1.54, 1.807) is 30.3 Å². The summed E-state index contributed by atoms with van der Waals surface area (Å²) >= 11 is 0. The Bertz CT molecular complexity index is 1350. The van der Waals surface area contributed by atoms with Crippen molar-refractivity contribution >= 4 is 22.2 Å². The van der Waals surface area contributed by atoms with Crippen molar-refractivity contribution in [2.24, 2.45) is 23.7 Å². The van der Waals surface area contributed by atoms with Crippen molar-refractivity contribution in [3.05, 3.63) is 66.0 Å². The molecule has 6 atom stereocenters. The lowest BCUT2D eigenvalue weighted by molar-refractivity contribution is -0.141. The monoisotopic (exact) mass is 570 g/mol. The number of hydrogen-bond donors (Lipinski definition) is 0. The molecule has 4 aliphatic rings. The van der Waals surface area contributed by atoms with Crippen molar-refractivity contribution in [2.45, 2.75) is 23.8 Å². The summed E-state index contributed by atoms with van der Waals surface area (Å²) in [7, 11) is -2.55. The molecule has 2 amide bonds. The SMILES string of the molecule is COCC1CN(CCc2ccc(F)cc2)[S+](=O)([O-])c2c(OCCN3C(=O)[C@H]4[C@H](C3=O)[C@H]3C=C[C@@H]4C3)cccc2O1. The zero-order valence-corrected chi connectivity index (χ0v) is 22.9. The minimum absolute atomic E-state index is 0.0370. The highest BCUT2D eigenvalue weighted by Crippen LogP contribution is 2.52. The van der Waals surface area contributed by atoms with E-state index in [2.05, 4.69) is 0 Å². The van der Waals surface area contributed by atoms with Crippen LogP contribution in [0.25, 0.3) is 0 Å². The van der Waals surface area contributed by atoms with Gasteiger partial charge in [-0.3, -0.25) is 14.5 Å². The Morgan fingerprint density at radius 1 is 1.05 bits per heavy atom. The van der Waals surface area contributed by atoms with E-state index in [-0.39, 0.29) is 90.5 Å². The number of methoxy groups -OCH3 is 1. The quantitative estimate of drug-likeness (QED) is 0.259. The fourth-order valence-corrected chi connectivity index (χ4v) is 8.15. The van der Waals surface area contributed by atoms with E-state index >= 15 is 0 Å². The number of likely N-dealkylation sites (tertiary alicyclic amines) is 1. The third kappa shape index (κ3) is 4.74. The molecule has 212 valence electrons. The standard InChI is InChI=1S/C29H31FN2O7S/c1-37-17-22-16-31(12-11-18-5-9-21(30)10-6-18)40(35,36)27-23(3-2-4-24(27)39-22)38-14-13-32-28(33)25-19-7-8-20(15-19)26(25)29(32)34/h2-10,19-20,22,25-26H,11-17H2,1H3/t19-,20+,22?,25-,26-/m1/s1. The lowest BCUT2D eigenvalue weighted by Crippen LogP contribution is -2.43. The van der Waals surface area contributed by atoms with E-state index in [0.717, 1.165) is 12.0 Å². The van der Waals surface area contributed by atoms with E-state index in [1.165, 1.54) is 28.4 Å². The van der Waals surface area contributed by atoms with Crippen molar-refractivity contribution in [2.75, 3.05) is 40.0 Å². The molecule has 2 aliphatic heterocycles. The Kier molecular flexibility index (Phi) is 7.24. The highest BCUT2D eigenvalue weighted by molar-refractivity contribution is 7.95. The van der Waals surface area contributed by atoms with Gasteiger partial charge in [0.1, 0.15) is 18.5 Å². The third-order valence-corrected chi connectivity index (χ3v) is 10.2. The molecule has 2 fully saturated rings. The van der Waals surface area contributed by atoms with Gasteiger partial charge in [0.2, 0.25) is 11.8 Å². The van der Waals surface area contributed by atoms with Crippen LogP contribution < -0.4 is 9.47 Å². The third-order valence-electron chi connectivity index (χ3n) is 8.29. The van der Waals surface area contributed by atoms with Gasteiger partial charge in [-0.1, -0.05) is 34.6 Å². The van der Waals surface area contributed by atoms with E-state index in [1.807, 2.05) is 12.2 Å². The number of amides is 2. The Labute approximate surface area is 233 Å². The normalized spacial score (nSPS) is 30.8. The molecule has 1 saturated heterocycles. The number of hydrogen-bond acceptors (Lipinski definition) is 7. The second-order valence-electron chi connectivity index (χ2n) is 10.7. The first kappa shape index (κ1) is 27.1.